The average Bonchev–Trinajstić information content (AvgIpc) is 2.45. The summed E-state index contributed by atoms with van der Waals surface area (Å²) in [5.41, 5.74) is 5.48. The number of carbonyl (C=O) groups excluding carboxylic acids is 1. The molecular formula is C15H21FN2O3. The van der Waals surface area contributed by atoms with Crippen molar-refractivity contribution in [1.29, 1.82) is 0 Å². The number of nitrogens with one attached hydrogen (secondary N) is 1. The lowest BCUT2D eigenvalue weighted by atomic mass is 9.96. The van der Waals surface area contributed by atoms with Gasteiger partial charge in [0.15, 0.2) is 0 Å². The van der Waals surface area contributed by atoms with Gasteiger partial charge in [0.1, 0.15) is 5.82 Å². The molecule has 1 amide bonds. The van der Waals surface area contributed by atoms with Gasteiger partial charge < -0.3 is 16.2 Å². The maximum absolute atomic E-state index is 13.3. The summed E-state index contributed by atoms with van der Waals surface area (Å²) in [6, 6.07) is 4.10. The molecule has 4 N–H and O–H groups in total. The van der Waals surface area contributed by atoms with Crippen LogP contribution < -0.4 is 11.1 Å². The minimum Gasteiger partial charge on any atom is -0.481 e. The average molecular weight is 296 g/mol. The molecule has 0 radical (unpaired) electrons. The van der Waals surface area contributed by atoms with Crippen molar-refractivity contribution in [2.24, 2.45) is 5.92 Å². The Hall–Kier alpha value is -2.11. The van der Waals surface area contributed by atoms with Crippen LogP contribution in [-0.4, -0.2) is 23.5 Å². The number of carboxylic acids is 1. The fraction of sp³-hybridized carbons (Fsp3) is 0.467. The number of rotatable bonds is 8. The lowest BCUT2D eigenvalue weighted by Gasteiger charge is -2.14. The Morgan fingerprint density at radius 2 is 2.10 bits per heavy atom. The van der Waals surface area contributed by atoms with E-state index in [1.165, 1.54) is 18.2 Å². The largest absolute Gasteiger partial charge is 0.481 e. The monoisotopic (exact) mass is 296 g/mol. The van der Waals surface area contributed by atoms with Crippen LogP contribution in [0, 0.1) is 11.7 Å². The number of nitrogen functional groups attached to an aromatic ring is 1. The highest BCUT2D eigenvalue weighted by Gasteiger charge is 2.13. The number of anilines is 1. The van der Waals surface area contributed by atoms with E-state index in [2.05, 4.69) is 5.32 Å². The number of aliphatic carboxylic acids is 1. The van der Waals surface area contributed by atoms with Gasteiger partial charge in [-0.05, 0) is 30.9 Å². The van der Waals surface area contributed by atoms with Gasteiger partial charge in [-0.15, -0.1) is 0 Å². The molecule has 0 saturated carbocycles. The quantitative estimate of drug-likeness (QED) is 0.642. The van der Waals surface area contributed by atoms with Crippen molar-refractivity contribution in [3.05, 3.63) is 29.6 Å². The van der Waals surface area contributed by atoms with Crippen LogP contribution >= 0.6 is 0 Å². The first kappa shape index (κ1) is 16.9. The Morgan fingerprint density at radius 1 is 1.38 bits per heavy atom. The number of halogens is 1. The minimum absolute atomic E-state index is 0.119. The maximum atomic E-state index is 13.3. The summed E-state index contributed by atoms with van der Waals surface area (Å²) in [4.78, 5) is 22.4. The second-order valence-electron chi connectivity index (χ2n) is 4.95. The van der Waals surface area contributed by atoms with Crippen molar-refractivity contribution in [1.82, 2.24) is 5.32 Å². The molecule has 0 fully saturated rings. The summed E-state index contributed by atoms with van der Waals surface area (Å²) in [6.07, 6.45) is 2.25. The fourth-order valence-electron chi connectivity index (χ4n) is 2.10. The van der Waals surface area contributed by atoms with Crippen LogP contribution in [0.5, 0.6) is 0 Å². The topological polar surface area (TPSA) is 92.4 Å². The molecule has 1 rings (SSSR count). The first-order valence-corrected chi connectivity index (χ1v) is 6.99. The Morgan fingerprint density at radius 3 is 2.71 bits per heavy atom. The van der Waals surface area contributed by atoms with Crippen LogP contribution in [0.2, 0.25) is 0 Å². The molecule has 5 nitrogen and oxygen atoms in total. The summed E-state index contributed by atoms with van der Waals surface area (Å²) < 4.78 is 13.3. The van der Waals surface area contributed by atoms with Crippen LogP contribution in [-0.2, 0) is 4.79 Å². The third-order valence-corrected chi connectivity index (χ3v) is 3.48. The molecule has 1 aromatic carbocycles. The standard InChI is InChI=1S/C15H21FN2O3/c1-2-10(6-7-13(19)20)8-9-18-15(21)11-4-3-5-12(16)14(11)17/h3-5,10H,2,6-9,17H2,1H3,(H,18,21)(H,19,20). The lowest BCUT2D eigenvalue weighted by Crippen LogP contribution is -2.27. The molecule has 0 aromatic heterocycles. The van der Waals surface area contributed by atoms with Crippen LogP contribution in [0.3, 0.4) is 0 Å². The fourth-order valence-corrected chi connectivity index (χ4v) is 2.10. The van der Waals surface area contributed by atoms with Crippen LogP contribution in [0.1, 0.15) is 43.0 Å². The van der Waals surface area contributed by atoms with E-state index in [4.69, 9.17) is 10.8 Å². The number of carbonyl (C=O) groups is 2. The Labute approximate surface area is 123 Å². The number of hydrogen-bond acceptors (Lipinski definition) is 3. The Bertz CT molecular complexity index is 506. The lowest BCUT2D eigenvalue weighted by molar-refractivity contribution is -0.137. The van der Waals surface area contributed by atoms with E-state index < -0.39 is 17.7 Å². The van der Waals surface area contributed by atoms with Crippen molar-refractivity contribution in [2.45, 2.75) is 32.6 Å². The van der Waals surface area contributed by atoms with Gasteiger partial charge >= 0.3 is 5.97 Å². The predicted octanol–water partition coefficient (Wildman–Crippen LogP) is 2.42. The minimum atomic E-state index is -0.815. The molecular weight excluding hydrogens is 275 g/mol. The Balaban J connectivity index is 2.45. The normalized spacial score (nSPS) is 11.9. The molecule has 21 heavy (non-hydrogen) atoms. The van der Waals surface area contributed by atoms with Crippen LogP contribution in [0.25, 0.3) is 0 Å². The molecule has 0 saturated heterocycles. The third-order valence-electron chi connectivity index (χ3n) is 3.48. The molecule has 0 spiro atoms. The highest BCUT2D eigenvalue weighted by molar-refractivity contribution is 5.99. The first-order chi connectivity index (χ1) is 9.95. The van der Waals surface area contributed by atoms with Gasteiger partial charge in [-0.25, -0.2) is 4.39 Å². The van der Waals surface area contributed by atoms with Crippen molar-refractivity contribution in [3.8, 4) is 0 Å². The Kier molecular flexibility index (Phi) is 6.65. The van der Waals surface area contributed by atoms with Gasteiger partial charge in [-0.2, -0.15) is 0 Å². The van der Waals surface area contributed by atoms with E-state index >= 15 is 0 Å². The SMILES string of the molecule is CCC(CCNC(=O)c1cccc(F)c1N)CCC(=O)O. The summed E-state index contributed by atoms with van der Waals surface area (Å²) in [6.45, 7) is 2.39. The predicted molar refractivity (Wildman–Crippen MR) is 78.4 cm³/mol. The first-order valence-electron chi connectivity index (χ1n) is 6.99. The van der Waals surface area contributed by atoms with Gasteiger partial charge in [0.2, 0.25) is 0 Å². The van der Waals surface area contributed by atoms with Crippen molar-refractivity contribution in [2.75, 3.05) is 12.3 Å². The summed E-state index contributed by atoms with van der Waals surface area (Å²) in [5.74, 6) is -1.60. The van der Waals surface area contributed by atoms with Crippen molar-refractivity contribution >= 4 is 17.6 Å². The molecule has 0 aliphatic heterocycles. The number of carboxylic acid groups (broad SMARTS) is 1. The molecule has 0 heterocycles. The number of nitrogens with two attached hydrogens (primary N) is 1. The molecule has 1 unspecified atom stereocenters. The molecule has 0 bridgehead atoms. The smallest absolute Gasteiger partial charge is 0.303 e. The van der Waals surface area contributed by atoms with Gasteiger partial charge in [-0.3, -0.25) is 9.59 Å². The van der Waals surface area contributed by atoms with Gasteiger partial charge in [0, 0.05) is 13.0 Å². The van der Waals surface area contributed by atoms with E-state index in [-0.39, 0.29) is 23.6 Å². The van der Waals surface area contributed by atoms with E-state index in [0.717, 1.165) is 6.42 Å². The molecule has 0 aliphatic rings. The number of benzene rings is 1. The molecule has 1 aromatic rings. The van der Waals surface area contributed by atoms with Gasteiger partial charge in [0.25, 0.3) is 5.91 Å². The highest BCUT2D eigenvalue weighted by Crippen LogP contribution is 2.17. The van der Waals surface area contributed by atoms with E-state index in [1.807, 2.05) is 6.92 Å². The molecule has 6 heteroatoms. The molecule has 1 atom stereocenters. The van der Waals surface area contributed by atoms with Gasteiger partial charge in [0.05, 0.1) is 11.3 Å². The zero-order valence-electron chi connectivity index (χ0n) is 12.1. The zero-order chi connectivity index (χ0) is 15.8. The van der Waals surface area contributed by atoms with Gasteiger partial charge in [-0.1, -0.05) is 19.4 Å². The van der Waals surface area contributed by atoms with Crippen LogP contribution in [0.4, 0.5) is 10.1 Å². The van der Waals surface area contributed by atoms with E-state index in [9.17, 15) is 14.0 Å². The second-order valence-corrected chi connectivity index (χ2v) is 4.95. The number of para-hydroxylation sites is 1. The summed E-state index contributed by atoms with van der Waals surface area (Å²) >= 11 is 0. The maximum Gasteiger partial charge on any atom is 0.303 e. The van der Waals surface area contributed by atoms with Crippen molar-refractivity contribution in [3.63, 3.8) is 0 Å². The van der Waals surface area contributed by atoms with E-state index in [1.54, 1.807) is 0 Å². The molecule has 116 valence electrons. The third kappa shape index (κ3) is 5.41. The highest BCUT2D eigenvalue weighted by atomic mass is 19.1. The van der Waals surface area contributed by atoms with Crippen molar-refractivity contribution < 1.29 is 19.1 Å². The second kappa shape index (κ2) is 8.24. The summed E-state index contributed by atoms with van der Waals surface area (Å²) in [5, 5.41) is 11.3. The number of amides is 1. The zero-order valence-corrected chi connectivity index (χ0v) is 12.1. The van der Waals surface area contributed by atoms with E-state index in [0.29, 0.717) is 19.4 Å². The van der Waals surface area contributed by atoms with Crippen LogP contribution in [0.15, 0.2) is 18.2 Å². The molecule has 0 aliphatic carbocycles. The number of hydrogen-bond donors (Lipinski definition) is 3. The summed E-state index contributed by atoms with van der Waals surface area (Å²) in [7, 11) is 0.